The van der Waals surface area contributed by atoms with Gasteiger partial charge in [-0.3, -0.25) is 0 Å². The molecular weight excluding hydrogens is 342 g/mol. The smallest absolute Gasteiger partial charge is 0.423 e. The molecule has 24 heavy (non-hydrogen) atoms. The monoisotopic (exact) mass is 355 g/mol. The number of benzene rings is 2. The van der Waals surface area contributed by atoms with Crippen LogP contribution in [0.3, 0.4) is 0 Å². The van der Waals surface area contributed by atoms with Crippen molar-refractivity contribution in [1.29, 1.82) is 0 Å². The average Bonchev–Trinajstić information content (AvgIpc) is 2.53. The van der Waals surface area contributed by atoms with E-state index in [1.54, 1.807) is 18.2 Å². The van der Waals surface area contributed by atoms with Crippen molar-refractivity contribution in [3.63, 3.8) is 0 Å². The van der Waals surface area contributed by atoms with Gasteiger partial charge in [0.2, 0.25) is 0 Å². The molecule has 0 aliphatic carbocycles. The Bertz CT molecular complexity index is 729. The molecule has 0 amide bonds. The maximum atomic E-state index is 12.6. The second kappa shape index (κ2) is 6.96. The predicted molar refractivity (Wildman–Crippen MR) is 86.3 cm³/mol. The Labute approximate surface area is 141 Å². The van der Waals surface area contributed by atoms with E-state index in [0.717, 1.165) is 5.56 Å². The van der Waals surface area contributed by atoms with E-state index in [1.165, 1.54) is 18.2 Å². The molecule has 4 nitrogen and oxygen atoms in total. The van der Waals surface area contributed by atoms with Crippen molar-refractivity contribution >= 4 is 30.0 Å². The first kappa shape index (κ1) is 17.0. The van der Waals surface area contributed by atoms with Gasteiger partial charge in [-0.2, -0.15) is 13.2 Å². The number of halogens is 3. The Morgan fingerprint density at radius 3 is 2.79 bits per heavy atom. The van der Waals surface area contributed by atoms with Gasteiger partial charge in [0.15, 0.2) is 5.75 Å². The number of hydrogen-bond acceptors (Lipinski definition) is 5. The Kier molecular flexibility index (Phi) is 4.93. The lowest BCUT2D eigenvalue weighted by molar-refractivity contribution is -0.0328. The van der Waals surface area contributed by atoms with Gasteiger partial charge in [-0.15, -0.1) is 0 Å². The van der Waals surface area contributed by atoms with E-state index in [4.69, 9.17) is 9.49 Å². The fourth-order valence-corrected chi connectivity index (χ4v) is 2.95. The minimum absolute atomic E-state index is 0.0428. The fraction of sp³-hybridized carbons (Fsp3) is 0.200. The van der Waals surface area contributed by atoms with Crippen LogP contribution in [0.15, 0.2) is 47.4 Å². The van der Waals surface area contributed by atoms with E-state index >= 15 is 0 Å². The van der Waals surface area contributed by atoms with Gasteiger partial charge in [-0.25, -0.2) is 5.48 Å². The lowest BCUT2D eigenvalue weighted by Crippen LogP contribution is -2.41. The van der Waals surface area contributed by atoms with Crippen molar-refractivity contribution in [3.05, 3.63) is 48.0 Å². The van der Waals surface area contributed by atoms with E-state index in [-0.39, 0.29) is 22.4 Å². The number of nitrogens with one attached hydrogen (secondary N) is 1. The molecule has 0 fully saturated rings. The number of hydrogen-bond donors (Lipinski definition) is 2. The normalized spacial score (nSPS) is 14.2. The Morgan fingerprint density at radius 2 is 2.00 bits per heavy atom. The summed E-state index contributed by atoms with van der Waals surface area (Å²) in [6.07, 6.45) is 0.693. The first-order chi connectivity index (χ1) is 11.4. The zero-order valence-electron chi connectivity index (χ0n) is 12.3. The molecule has 0 unspecified atom stereocenters. The minimum atomic E-state index is -4.40. The summed E-state index contributed by atoms with van der Waals surface area (Å²) in [7, 11) is -1.01. The molecule has 1 aliphatic heterocycles. The molecule has 0 spiro atoms. The van der Waals surface area contributed by atoms with Crippen molar-refractivity contribution in [2.45, 2.75) is 16.8 Å². The summed E-state index contributed by atoms with van der Waals surface area (Å²) in [6.45, 7) is 0.444. The molecule has 1 heterocycles. The molecule has 2 N–H and O–H groups in total. The van der Waals surface area contributed by atoms with Crippen molar-refractivity contribution in [3.8, 4) is 5.75 Å². The summed E-state index contributed by atoms with van der Waals surface area (Å²) >= 11 is -0.239. The molecule has 126 valence electrons. The molecule has 0 atom stereocenters. The van der Waals surface area contributed by atoms with Crippen molar-refractivity contribution < 1.29 is 27.7 Å². The number of thioether (sulfide) groups is 1. The third-order valence-electron chi connectivity index (χ3n) is 3.41. The van der Waals surface area contributed by atoms with Gasteiger partial charge in [0.25, 0.3) is 0 Å². The van der Waals surface area contributed by atoms with Crippen molar-refractivity contribution in [2.24, 2.45) is 0 Å². The third kappa shape index (κ3) is 4.17. The van der Waals surface area contributed by atoms with Gasteiger partial charge in [-0.05, 0) is 53.5 Å². The molecule has 0 bridgehead atoms. The van der Waals surface area contributed by atoms with Crippen LogP contribution in [0, 0.1) is 0 Å². The zero-order valence-corrected chi connectivity index (χ0v) is 13.2. The number of anilines is 1. The molecule has 0 aromatic heterocycles. The molecule has 2 aromatic rings. The molecule has 0 saturated heterocycles. The van der Waals surface area contributed by atoms with Crippen LogP contribution < -0.4 is 15.8 Å². The fourth-order valence-electron chi connectivity index (χ4n) is 2.34. The van der Waals surface area contributed by atoms with E-state index in [1.807, 2.05) is 6.07 Å². The van der Waals surface area contributed by atoms with Crippen molar-refractivity contribution in [2.75, 3.05) is 12.1 Å². The highest BCUT2D eigenvalue weighted by Crippen LogP contribution is 2.41. The lowest BCUT2D eigenvalue weighted by atomic mass is 9.73. The Balaban J connectivity index is 1.74. The number of rotatable bonds is 4. The van der Waals surface area contributed by atoms with Gasteiger partial charge < -0.3 is 14.5 Å². The molecule has 0 radical (unpaired) electrons. The summed E-state index contributed by atoms with van der Waals surface area (Å²) < 4.78 is 42.8. The van der Waals surface area contributed by atoms with Crippen LogP contribution in [0.4, 0.5) is 18.9 Å². The van der Waals surface area contributed by atoms with Crippen LogP contribution in [-0.2, 0) is 11.1 Å². The minimum Gasteiger partial charge on any atom is -0.423 e. The van der Waals surface area contributed by atoms with Gasteiger partial charge >= 0.3 is 12.6 Å². The summed E-state index contributed by atoms with van der Waals surface area (Å²) in [4.78, 5) is 5.26. The molecule has 2 aromatic carbocycles. The van der Waals surface area contributed by atoms with E-state index in [0.29, 0.717) is 24.2 Å². The van der Waals surface area contributed by atoms with E-state index in [9.17, 15) is 18.2 Å². The number of fused-ring (bicyclic) bond motifs is 1. The molecule has 3 rings (SSSR count). The van der Waals surface area contributed by atoms with Crippen LogP contribution in [0.2, 0.25) is 0 Å². The topological polar surface area (TPSA) is 50.7 Å². The maximum absolute atomic E-state index is 12.6. The van der Waals surface area contributed by atoms with Crippen LogP contribution >= 0.6 is 11.8 Å². The first-order valence-electron chi connectivity index (χ1n) is 7.12. The molecule has 1 aliphatic rings. The summed E-state index contributed by atoms with van der Waals surface area (Å²) in [5.41, 5.74) is 0.303. The zero-order chi connectivity index (χ0) is 17.2. The van der Waals surface area contributed by atoms with Gasteiger partial charge in [0.1, 0.15) is 0 Å². The van der Waals surface area contributed by atoms with Gasteiger partial charge in [0.05, 0.1) is 10.6 Å². The van der Waals surface area contributed by atoms with E-state index in [2.05, 4.69) is 5.48 Å². The predicted octanol–water partition coefficient (Wildman–Crippen LogP) is 2.96. The Morgan fingerprint density at radius 1 is 1.21 bits per heavy atom. The van der Waals surface area contributed by atoms with Crippen LogP contribution in [-0.4, -0.2) is 24.3 Å². The standard InChI is InChI=1S/C15H13BF3NO3S/c17-15(18,19)24-14-4-2-1-3-13(14)23-20-11-6-5-10-7-8-22-16(21)12(10)9-11/h1-6,9,20-21H,7-8H2. The van der Waals surface area contributed by atoms with Gasteiger partial charge in [-0.1, -0.05) is 18.2 Å². The molecule has 9 heteroatoms. The third-order valence-corrected chi connectivity index (χ3v) is 4.20. The highest BCUT2D eigenvalue weighted by atomic mass is 32.2. The highest BCUT2D eigenvalue weighted by molar-refractivity contribution is 8.00. The molecular formula is C15H13BF3NO3S. The number of alkyl halides is 3. The molecule has 0 saturated carbocycles. The van der Waals surface area contributed by atoms with E-state index < -0.39 is 12.6 Å². The second-order valence-electron chi connectivity index (χ2n) is 5.09. The quantitative estimate of drug-likeness (QED) is 0.502. The largest absolute Gasteiger partial charge is 0.491 e. The van der Waals surface area contributed by atoms with Crippen LogP contribution in [0.1, 0.15) is 5.56 Å². The summed E-state index contributed by atoms with van der Waals surface area (Å²) in [6, 6.07) is 11.1. The average molecular weight is 355 g/mol. The van der Waals surface area contributed by atoms with Crippen LogP contribution in [0.25, 0.3) is 0 Å². The first-order valence-corrected chi connectivity index (χ1v) is 7.94. The maximum Gasteiger partial charge on any atom is 0.491 e. The van der Waals surface area contributed by atoms with Crippen LogP contribution in [0.5, 0.6) is 5.75 Å². The SMILES string of the molecule is OB1OCCc2ccc(NOc3ccccc3SC(F)(F)F)cc21. The summed E-state index contributed by atoms with van der Waals surface area (Å²) in [5.74, 6) is 0.0642. The Hall–Kier alpha value is -1.84. The lowest BCUT2D eigenvalue weighted by Gasteiger charge is -2.20. The summed E-state index contributed by atoms with van der Waals surface area (Å²) in [5, 5.41) is 9.82. The van der Waals surface area contributed by atoms with Crippen molar-refractivity contribution in [1.82, 2.24) is 0 Å². The van der Waals surface area contributed by atoms with Gasteiger partial charge in [0, 0.05) is 6.61 Å². The number of para-hydroxylation sites is 1. The second-order valence-corrected chi connectivity index (χ2v) is 6.19. The highest BCUT2D eigenvalue weighted by Gasteiger charge is 2.31.